The monoisotopic (exact) mass is 180 g/mol. The molecule has 1 rings (SSSR count). The van der Waals surface area contributed by atoms with Crippen LogP contribution in [0.5, 0.6) is 0 Å². The fraction of sp³-hybridized carbons (Fsp3) is 0.100. The van der Waals surface area contributed by atoms with Gasteiger partial charge in [0, 0.05) is 6.08 Å². The van der Waals surface area contributed by atoms with Crippen LogP contribution in [0.4, 0.5) is 4.39 Å². The molecule has 0 aliphatic heterocycles. The lowest BCUT2D eigenvalue weighted by molar-refractivity contribution is -0.131. The topological polar surface area (TPSA) is 37.3 Å². The van der Waals surface area contributed by atoms with Crippen molar-refractivity contribution in [2.45, 2.75) is 6.42 Å². The predicted octanol–water partition coefficient (Wildman–Crippen LogP) is 2.37. The zero-order chi connectivity index (χ0) is 9.68. The Bertz CT molecular complexity index is 322. The zero-order valence-corrected chi connectivity index (χ0v) is 6.90. The van der Waals surface area contributed by atoms with E-state index < -0.39 is 5.97 Å². The van der Waals surface area contributed by atoms with Crippen LogP contribution in [-0.2, 0) is 4.79 Å². The molecule has 1 aliphatic rings. The van der Waals surface area contributed by atoms with Crippen molar-refractivity contribution < 1.29 is 14.3 Å². The molecule has 0 heterocycles. The van der Waals surface area contributed by atoms with Gasteiger partial charge in [0.05, 0.1) is 0 Å². The highest BCUT2D eigenvalue weighted by Crippen LogP contribution is 2.16. The SMILES string of the molecule is O=C(O)/C=C/C1=C(F)C=CC=CC1. The maximum atomic E-state index is 13.1. The summed E-state index contributed by atoms with van der Waals surface area (Å²) in [6.45, 7) is 0. The fourth-order valence-electron chi connectivity index (χ4n) is 0.938. The summed E-state index contributed by atoms with van der Waals surface area (Å²) in [5, 5.41) is 8.33. The summed E-state index contributed by atoms with van der Waals surface area (Å²) in [6.07, 6.45) is 9.01. The highest BCUT2D eigenvalue weighted by Gasteiger charge is 2.01. The molecule has 68 valence electrons. The number of carboxylic acids is 1. The Balaban J connectivity index is 2.83. The van der Waals surface area contributed by atoms with Crippen molar-refractivity contribution >= 4 is 5.97 Å². The van der Waals surface area contributed by atoms with Crippen LogP contribution in [-0.4, -0.2) is 11.1 Å². The van der Waals surface area contributed by atoms with Gasteiger partial charge in [-0.2, -0.15) is 0 Å². The minimum Gasteiger partial charge on any atom is -0.478 e. The van der Waals surface area contributed by atoms with Crippen LogP contribution in [0, 0.1) is 0 Å². The van der Waals surface area contributed by atoms with Gasteiger partial charge in [-0.3, -0.25) is 0 Å². The fourth-order valence-corrected chi connectivity index (χ4v) is 0.938. The van der Waals surface area contributed by atoms with E-state index in [-0.39, 0.29) is 5.83 Å². The van der Waals surface area contributed by atoms with Gasteiger partial charge < -0.3 is 5.11 Å². The standard InChI is InChI=1S/C10H9FO2/c11-9-5-3-1-2-4-8(9)6-7-10(12)13/h1-3,5-7H,4H2,(H,12,13)/b7-6+. The molecule has 0 spiro atoms. The molecule has 1 aliphatic carbocycles. The predicted molar refractivity (Wildman–Crippen MR) is 47.8 cm³/mol. The average Bonchev–Trinajstić information content (AvgIpc) is 2.27. The van der Waals surface area contributed by atoms with E-state index in [1.165, 1.54) is 12.2 Å². The zero-order valence-electron chi connectivity index (χ0n) is 6.90. The first-order chi connectivity index (χ1) is 6.20. The van der Waals surface area contributed by atoms with Crippen LogP contribution in [0.2, 0.25) is 0 Å². The van der Waals surface area contributed by atoms with Crippen LogP contribution < -0.4 is 0 Å². The summed E-state index contributed by atoms with van der Waals surface area (Å²) in [5.41, 5.74) is 0.382. The van der Waals surface area contributed by atoms with Gasteiger partial charge in [0.15, 0.2) is 0 Å². The van der Waals surface area contributed by atoms with Gasteiger partial charge in [0.2, 0.25) is 0 Å². The molecule has 0 bridgehead atoms. The van der Waals surface area contributed by atoms with Crippen molar-refractivity contribution in [2.75, 3.05) is 0 Å². The molecule has 2 nitrogen and oxygen atoms in total. The van der Waals surface area contributed by atoms with E-state index >= 15 is 0 Å². The van der Waals surface area contributed by atoms with Crippen molar-refractivity contribution in [2.24, 2.45) is 0 Å². The Morgan fingerprint density at radius 3 is 3.00 bits per heavy atom. The Morgan fingerprint density at radius 2 is 2.31 bits per heavy atom. The van der Waals surface area contributed by atoms with Crippen molar-refractivity contribution in [3.63, 3.8) is 0 Å². The Kier molecular flexibility index (Phi) is 3.20. The lowest BCUT2D eigenvalue weighted by Gasteiger charge is -1.95. The molecule has 1 N–H and O–H groups in total. The molecule has 0 radical (unpaired) electrons. The number of hydrogen-bond acceptors (Lipinski definition) is 1. The molecule has 13 heavy (non-hydrogen) atoms. The first-order valence-corrected chi connectivity index (χ1v) is 3.83. The normalized spacial score (nSPS) is 16.7. The van der Waals surface area contributed by atoms with E-state index in [2.05, 4.69) is 0 Å². The summed E-state index contributed by atoms with van der Waals surface area (Å²) in [6, 6.07) is 0. The van der Waals surface area contributed by atoms with E-state index in [1.807, 2.05) is 0 Å². The van der Waals surface area contributed by atoms with Crippen molar-refractivity contribution in [3.05, 3.63) is 47.9 Å². The van der Waals surface area contributed by atoms with Crippen LogP contribution in [0.25, 0.3) is 0 Å². The van der Waals surface area contributed by atoms with Crippen LogP contribution >= 0.6 is 0 Å². The second kappa shape index (κ2) is 4.40. The van der Waals surface area contributed by atoms with E-state index in [0.717, 1.165) is 6.08 Å². The summed E-state index contributed by atoms with van der Waals surface area (Å²) >= 11 is 0. The first-order valence-electron chi connectivity index (χ1n) is 3.83. The molecule has 0 aromatic heterocycles. The van der Waals surface area contributed by atoms with E-state index in [1.54, 1.807) is 18.2 Å². The summed E-state index contributed by atoms with van der Waals surface area (Å²) in [7, 11) is 0. The van der Waals surface area contributed by atoms with E-state index in [9.17, 15) is 9.18 Å². The molecule has 0 amide bonds. The third kappa shape index (κ3) is 3.07. The summed E-state index contributed by atoms with van der Waals surface area (Å²) in [4.78, 5) is 10.2. The smallest absolute Gasteiger partial charge is 0.328 e. The minimum absolute atomic E-state index is 0.382. The lowest BCUT2D eigenvalue weighted by Crippen LogP contribution is -1.87. The molecule has 3 heteroatoms. The van der Waals surface area contributed by atoms with Crippen LogP contribution in [0.15, 0.2) is 47.9 Å². The van der Waals surface area contributed by atoms with Gasteiger partial charge in [-0.05, 0) is 24.1 Å². The number of hydrogen-bond donors (Lipinski definition) is 1. The average molecular weight is 180 g/mol. The van der Waals surface area contributed by atoms with Crippen molar-refractivity contribution in [1.82, 2.24) is 0 Å². The maximum absolute atomic E-state index is 13.1. The molecule has 0 saturated heterocycles. The minimum atomic E-state index is -1.07. The Morgan fingerprint density at radius 1 is 1.54 bits per heavy atom. The number of rotatable bonds is 2. The number of allylic oxidation sites excluding steroid dienone is 7. The Labute approximate surface area is 75.4 Å². The highest BCUT2D eigenvalue weighted by molar-refractivity contribution is 5.80. The van der Waals surface area contributed by atoms with Gasteiger partial charge in [-0.25, -0.2) is 9.18 Å². The molecule has 0 atom stereocenters. The molecular formula is C10H9FO2. The summed E-state index contributed by atoms with van der Waals surface area (Å²) in [5.74, 6) is -1.46. The quantitative estimate of drug-likeness (QED) is 0.662. The van der Waals surface area contributed by atoms with Crippen LogP contribution in [0.3, 0.4) is 0 Å². The molecule has 0 saturated carbocycles. The first kappa shape index (κ1) is 9.45. The van der Waals surface area contributed by atoms with Gasteiger partial charge in [-0.1, -0.05) is 18.2 Å². The molecule has 0 fully saturated rings. The van der Waals surface area contributed by atoms with E-state index in [0.29, 0.717) is 12.0 Å². The number of carboxylic acid groups (broad SMARTS) is 1. The molecule has 0 unspecified atom stereocenters. The van der Waals surface area contributed by atoms with Crippen LogP contribution in [0.1, 0.15) is 6.42 Å². The Hall–Kier alpha value is -1.64. The molecule has 0 aromatic rings. The van der Waals surface area contributed by atoms with Gasteiger partial charge in [-0.15, -0.1) is 0 Å². The number of carbonyl (C=O) groups is 1. The third-order valence-corrected chi connectivity index (χ3v) is 1.56. The lowest BCUT2D eigenvalue weighted by atomic mass is 10.1. The number of aliphatic carboxylic acids is 1. The number of halogens is 1. The maximum Gasteiger partial charge on any atom is 0.328 e. The van der Waals surface area contributed by atoms with Gasteiger partial charge in [0.1, 0.15) is 5.83 Å². The summed E-state index contributed by atoms with van der Waals surface area (Å²) < 4.78 is 13.1. The molecule has 0 aromatic carbocycles. The highest BCUT2D eigenvalue weighted by atomic mass is 19.1. The van der Waals surface area contributed by atoms with Gasteiger partial charge in [0.25, 0.3) is 0 Å². The van der Waals surface area contributed by atoms with Crippen molar-refractivity contribution in [3.8, 4) is 0 Å². The molecular weight excluding hydrogens is 171 g/mol. The second-order valence-electron chi connectivity index (χ2n) is 2.54. The third-order valence-electron chi connectivity index (χ3n) is 1.56. The van der Waals surface area contributed by atoms with E-state index in [4.69, 9.17) is 5.11 Å². The van der Waals surface area contributed by atoms with Crippen molar-refractivity contribution in [1.29, 1.82) is 0 Å². The second-order valence-corrected chi connectivity index (χ2v) is 2.54. The largest absolute Gasteiger partial charge is 0.478 e. The van der Waals surface area contributed by atoms with Gasteiger partial charge >= 0.3 is 5.97 Å².